The number of cyclic esters (lactones) is 1. The van der Waals surface area contributed by atoms with Crippen molar-refractivity contribution in [2.24, 2.45) is 5.92 Å². The second kappa shape index (κ2) is 11.2. The van der Waals surface area contributed by atoms with Crippen LogP contribution in [0.15, 0.2) is 12.1 Å². The lowest BCUT2D eigenvalue weighted by atomic mass is 9.93. The number of aromatic hydroxyl groups is 1. The Morgan fingerprint density at radius 3 is 2.55 bits per heavy atom. The van der Waals surface area contributed by atoms with Crippen molar-refractivity contribution in [2.75, 3.05) is 13.2 Å². The molecule has 1 aromatic rings. The first kappa shape index (κ1) is 24.8. The van der Waals surface area contributed by atoms with Crippen LogP contribution in [0, 0.1) is 5.92 Å². The van der Waals surface area contributed by atoms with Gasteiger partial charge in [-0.15, -0.1) is 0 Å². The Morgan fingerprint density at radius 2 is 1.87 bits per heavy atom. The average molecular weight is 438 g/mol. The monoisotopic (exact) mass is 438 g/mol. The Morgan fingerprint density at radius 1 is 1.16 bits per heavy atom. The van der Waals surface area contributed by atoms with Crippen LogP contribution in [-0.2, 0) is 20.7 Å². The lowest BCUT2D eigenvalue weighted by molar-refractivity contribution is -0.142. The number of carbonyl (C=O) groups excluding carboxylic acids is 3. The van der Waals surface area contributed by atoms with Crippen molar-refractivity contribution < 1.29 is 44.3 Å². The van der Waals surface area contributed by atoms with E-state index in [4.69, 9.17) is 14.6 Å². The fourth-order valence-electron chi connectivity index (χ4n) is 3.30. The summed E-state index contributed by atoms with van der Waals surface area (Å²) in [6.45, 7) is 2.76. The number of Topliss-reactive ketones (excluding diaryl/α,β-unsaturated/α-hetero) is 2. The zero-order chi connectivity index (χ0) is 23.1. The molecule has 1 aliphatic rings. The fraction of sp³-hybridized carbons (Fsp3) is 0.591. The van der Waals surface area contributed by atoms with Crippen molar-refractivity contribution in [3.63, 3.8) is 0 Å². The Hall–Kier alpha value is -2.49. The van der Waals surface area contributed by atoms with E-state index in [1.165, 1.54) is 12.1 Å². The van der Waals surface area contributed by atoms with Gasteiger partial charge in [-0.1, -0.05) is 6.92 Å². The van der Waals surface area contributed by atoms with Crippen LogP contribution in [-0.4, -0.2) is 69.5 Å². The highest BCUT2D eigenvalue weighted by atomic mass is 16.5. The number of phenols is 1. The number of benzene rings is 1. The lowest BCUT2D eigenvalue weighted by Crippen LogP contribution is -2.30. The van der Waals surface area contributed by atoms with E-state index in [2.05, 4.69) is 0 Å². The number of aliphatic hydroxyl groups excluding tert-OH is 3. The number of aryl methyl sites for hydroxylation is 1. The summed E-state index contributed by atoms with van der Waals surface area (Å²) in [4.78, 5) is 37.0. The third-order valence-corrected chi connectivity index (χ3v) is 5.45. The van der Waals surface area contributed by atoms with Crippen LogP contribution in [0.2, 0.25) is 0 Å². The standard InChI is InChI=1S/C22H30O9/c1-12-6-7-18(26)21(28)17(25)5-3-4-14-8-16(30-11-15(24)10-23)9-19(27)20(14)22(29)31-13(12)2/h8-9,12-13,15,18,23-24,26-27H,3-7,10-11H2,1-2H3/t12-,13+,15?,18?/m1/s1. The Balaban J connectivity index is 2.35. The number of hydrogen-bond donors (Lipinski definition) is 4. The molecule has 1 heterocycles. The quantitative estimate of drug-likeness (QED) is 0.397. The van der Waals surface area contributed by atoms with E-state index >= 15 is 0 Å². The maximum atomic E-state index is 12.8. The number of fused-ring (bicyclic) bond motifs is 1. The number of hydrogen-bond acceptors (Lipinski definition) is 9. The Bertz CT molecular complexity index is 804. The summed E-state index contributed by atoms with van der Waals surface area (Å²) in [7, 11) is 0. The number of phenolic OH excluding ortho intramolecular Hbond substituents is 1. The van der Waals surface area contributed by atoms with E-state index in [1.54, 1.807) is 13.8 Å². The number of ketones is 2. The van der Waals surface area contributed by atoms with Crippen LogP contribution in [0.25, 0.3) is 0 Å². The molecule has 172 valence electrons. The summed E-state index contributed by atoms with van der Waals surface area (Å²) in [6.07, 6.45) is -2.35. The molecule has 0 spiro atoms. The van der Waals surface area contributed by atoms with E-state index < -0.39 is 42.5 Å². The first-order valence-corrected chi connectivity index (χ1v) is 10.4. The predicted octanol–water partition coefficient (Wildman–Crippen LogP) is 0.921. The Kier molecular flexibility index (Phi) is 8.97. The molecule has 0 saturated heterocycles. The van der Waals surface area contributed by atoms with Crippen molar-refractivity contribution in [3.8, 4) is 11.5 Å². The largest absolute Gasteiger partial charge is 0.507 e. The molecule has 0 saturated carbocycles. The van der Waals surface area contributed by atoms with E-state index in [0.717, 1.165) is 0 Å². The smallest absolute Gasteiger partial charge is 0.342 e. The van der Waals surface area contributed by atoms with Crippen LogP contribution in [0.3, 0.4) is 0 Å². The van der Waals surface area contributed by atoms with Crippen LogP contribution in [0.4, 0.5) is 0 Å². The van der Waals surface area contributed by atoms with Crippen molar-refractivity contribution in [1.82, 2.24) is 0 Å². The third-order valence-electron chi connectivity index (χ3n) is 5.45. The molecule has 0 aliphatic carbocycles. The molecular formula is C22H30O9. The maximum Gasteiger partial charge on any atom is 0.342 e. The van der Waals surface area contributed by atoms with Gasteiger partial charge >= 0.3 is 5.97 Å². The van der Waals surface area contributed by atoms with Gasteiger partial charge in [-0.3, -0.25) is 9.59 Å². The van der Waals surface area contributed by atoms with Gasteiger partial charge in [0.1, 0.15) is 42.0 Å². The number of aliphatic hydroxyl groups is 3. The molecule has 4 N–H and O–H groups in total. The molecule has 2 rings (SSSR count). The molecular weight excluding hydrogens is 408 g/mol. The number of rotatable bonds is 4. The van der Waals surface area contributed by atoms with Crippen molar-refractivity contribution in [3.05, 3.63) is 23.3 Å². The van der Waals surface area contributed by atoms with Crippen molar-refractivity contribution in [2.45, 2.75) is 64.3 Å². The highest BCUT2D eigenvalue weighted by molar-refractivity contribution is 6.38. The minimum absolute atomic E-state index is 0.0509. The average Bonchev–Trinajstić information content (AvgIpc) is 2.73. The van der Waals surface area contributed by atoms with Gasteiger partial charge in [0.15, 0.2) is 0 Å². The van der Waals surface area contributed by atoms with Crippen LogP contribution < -0.4 is 4.74 Å². The molecule has 0 radical (unpaired) electrons. The molecule has 1 aliphatic heterocycles. The van der Waals surface area contributed by atoms with Gasteiger partial charge in [-0.25, -0.2) is 4.79 Å². The molecule has 4 atom stereocenters. The van der Waals surface area contributed by atoms with Gasteiger partial charge in [0.05, 0.1) is 6.61 Å². The first-order chi connectivity index (χ1) is 14.6. The minimum atomic E-state index is -1.38. The molecule has 2 unspecified atom stereocenters. The van der Waals surface area contributed by atoms with E-state index in [1.807, 2.05) is 0 Å². The van der Waals surface area contributed by atoms with Crippen LogP contribution in [0.5, 0.6) is 11.5 Å². The van der Waals surface area contributed by atoms with Gasteiger partial charge < -0.3 is 29.9 Å². The van der Waals surface area contributed by atoms with E-state index in [-0.39, 0.29) is 55.3 Å². The van der Waals surface area contributed by atoms with Crippen molar-refractivity contribution >= 4 is 17.5 Å². The fourth-order valence-corrected chi connectivity index (χ4v) is 3.30. The minimum Gasteiger partial charge on any atom is -0.507 e. The second-order valence-electron chi connectivity index (χ2n) is 7.95. The second-order valence-corrected chi connectivity index (χ2v) is 7.95. The third kappa shape index (κ3) is 6.75. The molecule has 9 nitrogen and oxygen atoms in total. The predicted molar refractivity (Wildman–Crippen MR) is 109 cm³/mol. The normalized spacial score (nSPS) is 24.7. The zero-order valence-electron chi connectivity index (χ0n) is 17.7. The summed E-state index contributed by atoms with van der Waals surface area (Å²) in [5.41, 5.74) is 0.307. The number of esters is 1. The van der Waals surface area contributed by atoms with Crippen LogP contribution >= 0.6 is 0 Å². The van der Waals surface area contributed by atoms with Gasteiger partial charge in [0, 0.05) is 12.5 Å². The van der Waals surface area contributed by atoms with Gasteiger partial charge in [-0.2, -0.15) is 0 Å². The van der Waals surface area contributed by atoms with Gasteiger partial charge in [-0.05, 0) is 50.2 Å². The molecule has 0 fully saturated rings. The Labute approximate surface area is 180 Å². The number of carbonyl (C=O) groups is 3. The molecule has 1 aromatic carbocycles. The zero-order valence-corrected chi connectivity index (χ0v) is 17.7. The molecule has 31 heavy (non-hydrogen) atoms. The topological polar surface area (TPSA) is 151 Å². The summed E-state index contributed by atoms with van der Waals surface area (Å²) in [5, 5.41) is 38.8. The van der Waals surface area contributed by atoms with E-state index in [0.29, 0.717) is 12.0 Å². The van der Waals surface area contributed by atoms with Crippen LogP contribution in [0.1, 0.15) is 55.5 Å². The molecule has 0 aromatic heterocycles. The molecule has 0 amide bonds. The molecule has 9 heteroatoms. The highest BCUT2D eigenvalue weighted by Crippen LogP contribution is 2.31. The lowest BCUT2D eigenvalue weighted by Gasteiger charge is -2.23. The van der Waals surface area contributed by atoms with Gasteiger partial charge in [0.2, 0.25) is 11.6 Å². The summed E-state index contributed by atoms with van der Waals surface area (Å²) in [5.74, 6) is -2.65. The van der Waals surface area contributed by atoms with Gasteiger partial charge in [0.25, 0.3) is 0 Å². The van der Waals surface area contributed by atoms with E-state index in [9.17, 15) is 29.7 Å². The summed E-state index contributed by atoms with van der Waals surface area (Å²) >= 11 is 0. The summed E-state index contributed by atoms with van der Waals surface area (Å²) < 4.78 is 10.9. The molecule has 0 bridgehead atoms. The summed E-state index contributed by atoms with van der Waals surface area (Å²) in [6, 6.07) is 2.70. The first-order valence-electron chi connectivity index (χ1n) is 10.4. The SMILES string of the molecule is C[C@@H]1CCC(O)C(=O)C(=O)CCCc2cc(OCC(O)CO)cc(O)c2C(=O)O[C@H]1C. The highest BCUT2D eigenvalue weighted by Gasteiger charge is 2.28. The van der Waals surface area contributed by atoms with Crippen molar-refractivity contribution in [1.29, 1.82) is 0 Å². The number of ether oxygens (including phenoxy) is 2. The maximum absolute atomic E-state index is 12.8.